The summed E-state index contributed by atoms with van der Waals surface area (Å²) < 4.78 is 1.60. The molecule has 0 spiro atoms. The number of hydrogen-bond acceptors (Lipinski definition) is 3. The first-order valence-corrected chi connectivity index (χ1v) is 8.77. The number of nitrogens with two attached hydrogens (primary N) is 1. The summed E-state index contributed by atoms with van der Waals surface area (Å²) in [6.45, 7) is 0. The molecule has 3 aromatic rings. The van der Waals surface area contributed by atoms with Gasteiger partial charge in [-0.15, -0.1) is 0 Å². The summed E-state index contributed by atoms with van der Waals surface area (Å²) in [5, 5.41) is 11.0. The Morgan fingerprint density at radius 1 is 1.12 bits per heavy atom. The van der Waals surface area contributed by atoms with Crippen molar-refractivity contribution in [1.82, 2.24) is 15.1 Å². The Morgan fingerprint density at radius 3 is 2.46 bits per heavy atom. The molecule has 4 N–H and O–H groups in total. The summed E-state index contributed by atoms with van der Waals surface area (Å²) in [6.07, 6.45) is 2.02. The highest BCUT2D eigenvalue weighted by Gasteiger charge is 2.25. The van der Waals surface area contributed by atoms with Crippen molar-refractivity contribution in [3.63, 3.8) is 0 Å². The number of benzene rings is 2. The van der Waals surface area contributed by atoms with Crippen LogP contribution in [-0.4, -0.2) is 21.9 Å². The van der Waals surface area contributed by atoms with Crippen LogP contribution in [0, 0.1) is 0 Å². The van der Waals surface area contributed by atoms with Crippen molar-refractivity contribution in [2.24, 2.45) is 0 Å². The highest BCUT2D eigenvalue weighted by atomic mass is 35.5. The van der Waals surface area contributed by atoms with Gasteiger partial charge >= 0.3 is 6.03 Å². The number of nitrogens with zero attached hydrogens (tertiary/aromatic N) is 2. The Bertz CT molecular complexity index is 933. The first-order valence-electron chi connectivity index (χ1n) is 8.39. The molecule has 0 radical (unpaired) electrons. The average Bonchev–Trinajstić information content (AvgIpc) is 3.40. The molecule has 1 heterocycles. The lowest BCUT2D eigenvalue weighted by molar-refractivity contribution is 0.251. The maximum atomic E-state index is 12.3. The molecule has 1 aliphatic carbocycles. The molecule has 1 aromatic heterocycles. The Labute approximate surface area is 156 Å². The molecule has 0 atom stereocenters. The maximum Gasteiger partial charge on any atom is 0.319 e. The van der Waals surface area contributed by atoms with Gasteiger partial charge in [-0.2, -0.15) is 5.10 Å². The molecule has 1 aliphatic rings. The van der Waals surface area contributed by atoms with Gasteiger partial charge in [0.1, 0.15) is 11.4 Å². The first kappa shape index (κ1) is 16.5. The zero-order chi connectivity index (χ0) is 18.1. The molecule has 0 bridgehead atoms. The highest BCUT2D eigenvalue weighted by molar-refractivity contribution is 6.30. The number of carbonyl (C=O) groups excluding carboxylic acids is 1. The van der Waals surface area contributed by atoms with Gasteiger partial charge < -0.3 is 16.4 Å². The van der Waals surface area contributed by atoms with E-state index in [0.717, 1.165) is 24.1 Å². The number of anilines is 2. The fraction of sp³-hybridized carbons (Fsp3) is 0.158. The fourth-order valence-corrected chi connectivity index (χ4v) is 2.82. The smallest absolute Gasteiger partial charge is 0.319 e. The number of urea groups is 1. The summed E-state index contributed by atoms with van der Waals surface area (Å²) in [7, 11) is 0. The monoisotopic (exact) mass is 367 g/mol. The van der Waals surface area contributed by atoms with Crippen LogP contribution in [0.5, 0.6) is 0 Å². The van der Waals surface area contributed by atoms with Crippen LogP contribution >= 0.6 is 11.6 Å². The van der Waals surface area contributed by atoms with Crippen LogP contribution in [0.2, 0.25) is 5.02 Å². The van der Waals surface area contributed by atoms with E-state index in [-0.39, 0.29) is 12.1 Å². The predicted molar refractivity (Wildman–Crippen MR) is 104 cm³/mol. The topological polar surface area (TPSA) is 85.0 Å². The maximum absolute atomic E-state index is 12.3. The van der Waals surface area contributed by atoms with Crippen molar-refractivity contribution in [3.05, 3.63) is 59.6 Å². The van der Waals surface area contributed by atoms with E-state index in [0.29, 0.717) is 22.2 Å². The van der Waals surface area contributed by atoms with Crippen molar-refractivity contribution in [1.29, 1.82) is 0 Å². The third kappa shape index (κ3) is 3.36. The molecule has 1 saturated carbocycles. The van der Waals surface area contributed by atoms with Crippen LogP contribution in [0.15, 0.2) is 54.6 Å². The fourth-order valence-electron chi connectivity index (χ4n) is 2.69. The van der Waals surface area contributed by atoms with Crippen molar-refractivity contribution in [3.8, 4) is 16.9 Å². The summed E-state index contributed by atoms with van der Waals surface area (Å²) in [5.74, 6) is 0.358. The van der Waals surface area contributed by atoms with Gasteiger partial charge in [-0.3, -0.25) is 0 Å². The van der Waals surface area contributed by atoms with Gasteiger partial charge in [0, 0.05) is 16.6 Å². The highest BCUT2D eigenvalue weighted by Crippen LogP contribution is 2.34. The summed E-state index contributed by atoms with van der Waals surface area (Å²) >= 11 is 5.97. The molecule has 6 nitrogen and oxygen atoms in total. The van der Waals surface area contributed by atoms with Crippen LogP contribution in [0.3, 0.4) is 0 Å². The number of hydrogen-bond donors (Lipinski definition) is 3. The van der Waals surface area contributed by atoms with Gasteiger partial charge in [0.2, 0.25) is 0 Å². The van der Waals surface area contributed by atoms with Gasteiger partial charge in [-0.1, -0.05) is 41.9 Å². The van der Waals surface area contributed by atoms with Gasteiger partial charge in [-0.25, -0.2) is 9.48 Å². The third-order valence-electron chi connectivity index (χ3n) is 4.19. The molecule has 7 heteroatoms. The van der Waals surface area contributed by atoms with Crippen molar-refractivity contribution >= 4 is 29.1 Å². The summed E-state index contributed by atoms with van der Waals surface area (Å²) in [5.41, 5.74) is 9.07. The molecule has 2 amide bonds. The Kier molecular flexibility index (Phi) is 4.26. The predicted octanol–water partition coefficient (Wildman–Crippen LogP) is 4.06. The minimum Gasteiger partial charge on any atom is -0.382 e. The van der Waals surface area contributed by atoms with Crippen LogP contribution in [0.25, 0.3) is 16.9 Å². The second kappa shape index (κ2) is 6.72. The van der Waals surface area contributed by atoms with E-state index in [1.807, 2.05) is 42.5 Å². The van der Waals surface area contributed by atoms with Crippen LogP contribution in [-0.2, 0) is 0 Å². The van der Waals surface area contributed by atoms with E-state index in [9.17, 15) is 4.79 Å². The number of carbonyl (C=O) groups is 1. The lowest BCUT2D eigenvalue weighted by Crippen LogP contribution is -2.30. The minimum absolute atomic E-state index is 0.253. The van der Waals surface area contributed by atoms with Crippen molar-refractivity contribution in [2.75, 3.05) is 11.1 Å². The van der Waals surface area contributed by atoms with Gasteiger partial charge in [-0.05, 0) is 37.1 Å². The molecule has 0 aliphatic heterocycles. The normalized spacial score (nSPS) is 13.4. The number of nitrogen functional groups attached to an aromatic ring is 1. The molecule has 26 heavy (non-hydrogen) atoms. The van der Waals surface area contributed by atoms with E-state index in [1.54, 1.807) is 16.8 Å². The van der Waals surface area contributed by atoms with Crippen molar-refractivity contribution in [2.45, 2.75) is 18.9 Å². The third-order valence-corrected chi connectivity index (χ3v) is 4.44. The largest absolute Gasteiger partial charge is 0.382 e. The van der Waals surface area contributed by atoms with E-state index < -0.39 is 0 Å². The van der Waals surface area contributed by atoms with Crippen LogP contribution in [0.1, 0.15) is 12.8 Å². The van der Waals surface area contributed by atoms with Gasteiger partial charge in [0.15, 0.2) is 5.82 Å². The lowest BCUT2D eigenvalue weighted by Gasteiger charge is -2.08. The van der Waals surface area contributed by atoms with Crippen LogP contribution in [0.4, 0.5) is 16.3 Å². The van der Waals surface area contributed by atoms with Crippen LogP contribution < -0.4 is 16.4 Å². The standard InChI is InChI=1S/C19H18ClN5O/c20-13-6-10-15(11-7-13)25-18(21)17(23-19(26)22-14-8-9-14)16(24-25)12-4-2-1-3-5-12/h1-7,10-11,14H,8-9,21H2,(H2,22,23,26). The van der Waals surface area contributed by atoms with E-state index >= 15 is 0 Å². The van der Waals surface area contributed by atoms with E-state index in [1.165, 1.54) is 0 Å². The number of aromatic nitrogens is 2. The Hall–Kier alpha value is -2.99. The lowest BCUT2D eigenvalue weighted by atomic mass is 10.1. The molecular weight excluding hydrogens is 350 g/mol. The first-order chi connectivity index (χ1) is 12.6. The molecule has 2 aromatic carbocycles. The molecular formula is C19H18ClN5O. The van der Waals surface area contributed by atoms with E-state index in [4.69, 9.17) is 17.3 Å². The molecule has 4 rings (SSSR count). The summed E-state index contributed by atoms with van der Waals surface area (Å²) in [4.78, 5) is 12.3. The minimum atomic E-state index is -0.271. The SMILES string of the molecule is Nc1c(NC(=O)NC2CC2)c(-c2ccccc2)nn1-c1ccc(Cl)cc1. The quantitative estimate of drug-likeness (QED) is 0.650. The summed E-state index contributed by atoms with van der Waals surface area (Å²) in [6, 6.07) is 16.8. The molecule has 1 fully saturated rings. The second-order valence-corrected chi connectivity index (χ2v) is 6.67. The number of rotatable bonds is 4. The Morgan fingerprint density at radius 2 is 1.81 bits per heavy atom. The number of halogens is 1. The zero-order valence-electron chi connectivity index (χ0n) is 13.9. The average molecular weight is 368 g/mol. The Balaban J connectivity index is 1.76. The number of amides is 2. The van der Waals surface area contributed by atoms with Crippen molar-refractivity contribution < 1.29 is 4.79 Å². The second-order valence-electron chi connectivity index (χ2n) is 6.24. The van der Waals surface area contributed by atoms with Gasteiger partial charge in [0.05, 0.1) is 5.69 Å². The number of nitrogens with one attached hydrogen (secondary N) is 2. The van der Waals surface area contributed by atoms with E-state index in [2.05, 4.69) is 15.7 Å². The molecule has 0 saturated heterocycles. The zero-order valence-corrected chi connectivity index (χ0v) is 14.7. The molecule has 0 unspecified atom stereocenters. The molecule has 132 valence electrons. The van der Waals surface area contributed by atoms with Gasteiger partial charge in [0.25, 0.3) is 0 Å².